The number of carboxylic acids is 1. The molecule has 3 N–H and O–H groups in total. The molecule has 0 aliphatic rings. The number of carboxylic acid groups (broad SMARTS) is 1. The lowest BCUT2D eigenvalue weighted by atomic mass is 10.1. The van der Waals surface area contributed by atoms with Crippen molar-refractivity contribution in [3.63, 3.8) is 0 Å². The molecule has 5 nitrogen and oxygen atoms in total. The third-order valence-corrected chi connectivity index (χ3v) is 0.967. The standard InChI is InChI=1S/C5H9NO3.C2H6O/c1-3(5(6)9)2-4(7)8;1-3-2/h3H,2H2,1H3,(H2,6,9)(H,7,8);1-2H3. The minimum Gasteiger partial charge on any atom is -0.481 e. The topological polar surface area (TPSA) is 89.6 Å². The fourth-order valence-corrected chi connectivity index (χ4v) is 0.363. The zero-order chi connectivity index (χ0) is 10.1. The summed E-state index contributed by atoms with van der Waals surface area (Å²) in [6.45, 7) is 1.48. The minimum absolute atomic E-state index is 0.185. The first kappa shape index (κ1) is 13.5. The molecule has 1 unspecified atom stereocenters. The summed E-state index contributed by atoms with van der Waals surface area (Å²) in [5.41, 5.74) is 4.78. The van der Waals surface area contributed by atoms with Crippen LogP contribution in [-0.4, -0.2) is 31.2 Å². The van der Waals surface area contributed by atoms with Crippen LogP contribution in [0.25, 0.3) is 0 Å². The van der Waals surface area contributed by atoms with Crippen LogP contribution in [0.2, 0.25) is 0 Å². The van der Waals surface area contributed by atoms with Crippen molar-refractivity contribution in [1.82, 2.24) is 0 Å². The lowest BCUT2D eigenvalue weighted by Crippen LogP contribution is -2.22. The van der Waals surface area contributed by atoms with Gasteiger partial charge in [-0.05, 0) is 0 Å². The predicted octanol–water partition coefficient (Wildman–Crippen LogP) is -0.155. The fourth-order valence-electron chi connectivity index (χ4n) is 0.363. The second-order valence-corrected chi connectivity index (χ2v) is 2.31. The number of carbonyl (C=O) groups is 2. The molecule has 1 amide bonds. The summed E-state index contributed by atoms with van der Waals surface area (Å²) in [4.78, 5) is 20.1. The molecule has 72 valence electrons. The molecule has 12 heavy (non-hydrogen) atoms. The SMILES string of the molecule is CC(CC(=O)O)C(N)=O.COC. The Balaban J connectivity index is 0. The molecule has 0 fully saturated rings. The second-order valence-electron chi connectivity index (χ2n) is 2.31. The molecular formula is C7H15NO4. The van der Waals surface area contributed by atoms with Gasteiger partial charge in [0.15, 0.2) is 0 Å². The smallest absolute Gasteiger partial charge is 0.304 e. The summed E-state index contributed by atoms with van der Waals surface area (Å²) in [5.74, 6) is -2.14. The number of aliphatic carboxylic acids is 1. The van der Waals surface area contributed by atoms with Gasteiger partial charge < -0.3 is 15.6 Å². The summed E-state index contributed by atoms with van der Waals surface area (Å²) in [6, 6.07) is 0. The maximum Gasteiger partial charge on any atom is 0.304 e. The summed E-state index contributed by atoms with van der Waals surface area (Å²) in [6.07, 6.45) is -0.185. The zero-order valence-electron chi connectivity index (χ0n) is 7.53. The number of ether oxygens (including phenoxy) is 1. The maximum atomic E-state index is 10.2. The van der Waals surface area contributed by atoms with Crippen LogP contribution >= 0.6 is 0 Å². The van der Waals surface area contributed by atoms with Crippen molar-refractivity contribution in [1.29, 1.82) is 0 Å². The first-order valence-corrected chi connectivity index (χ1v) is 3.36. The summed E-state index contributed by atoms with van der Waals surface area (Å²) in [7, 11) is 3.25. The summed E-state index contributed by atoms with van der Waals surface area (Å²) >= 11 is 0. The molecule has 0 aliphatic heterocycles. The third kappa shape index (κ3) is 11.7. The Kier molecular flexibility index (Phi) is 8.99. The first-order valence-electron chi connectivity index (χ1n) is 3.36. The first-order chi connectivity index (χ1) is 5.45. The van der Waals surface area contributed by atoms with Gasteiger partial charge in [-0.2, -0.15) is 0 Å². The molecule has 1 atom stereocenters. The van der Waals surface area contributed by atoms with E-state index in [0.29, 0.717) is 0 Å². The highest BCUT2D eigenvalue weighted by atomic mass is 16.4. The Hall–Kier alpha value is -1.10. The highest BCUT2D eigenvalue weighted by molar-refractivity contribution is 5.81. The van der Waals surface area contributed by atoms with Gasteiger partial charge in [-0.15, -0.1) is 0 Å². The zero-order valence-corrected chi connectivity index (χ0v) is 7.53. The molecular weight excluding hydrogens is 162 g/mol. The summed E-state index contributed by atoms with van der Waals surface area (Å²) < 4.78 is 4.25. The van der Waals surface area contributed by atoms with Crippen LogP contribution in [0, 0.1) is 5.92 Å². The number of amides is 1. The molecule has 0 bridgehead atoms. The largest absolute Gasteiger partial charge is 0.481 e. The predicted molar refractivity (Wildman–Crippen MR) is 43.5 cm³/mol. The van der Waals surface area contributed by atoms with E-state index in [4.69, 9.17) is 10.8 Å². The van der Waals surface area contributed by atoms with Crippen LogP contribution in [0.3, 0.4) is 0 Å². The molecule has 0 aromatic heterocycles. The molecule has 0 saturated heterocycles. The van der Waals surface area contributed by atoms with E-state index in [1.165, 1.54) is 6.92 Å². The quantitative estimate of drug-likeness (QED) is 0.627. The van der Waals surface area contributed by atoms with E-state index < -0.39 is 17.8 Å². The van der Waals surface area contributed by atoms with Crippen molar-refractivity contribution in [3.8, 4) is 0 Å². The van der Waals surface area contributed by atoms with Crippen LogP contribution in [0.4, 0.5) is 0 Å². The Morgan fingerprint density at radius 3 is 1.92 bits per heavy atom. The van der Waals surface area contributed by atoms with E-state index in [-0.39, 0.29) is 6.42 Å². The third-order valence-electron chi connectivity index (χ3n) is 0.967. The fraction of sp³-hybridized carbons (Fsp3) is 0.714. The number of carbonyl (C=O) groups excluding carboxylic acids is 1. The monoisotopic (exact) mass is 177 g/mol. The van der Waals surface area contributed by atoms with Crippen molar-refractivity contribution in [2.24, 2.45) is 11.7 Å². The molecule has 0 spiro atoms. The molecule has 0 aromatic carbocycles. The Labute approximate surface area is 71.5 Å². The average molecular weight is 177 g/mol. The normalized spacial score (nSPS) is 10.9. The van der Waals surface area contributed by atoms with Crippen molar-refractivity contribution in [3.05, 3.63) is 0 Å². The minimum atomic E-state index is -0.999. The van der Waals surface area contributed by atoms with Crippen molar-refractivity contribution < 1.29 is 19.4 Å². The van der Waals surface area contributed by atoms with Crippen LogP contribution in [0.1, 0.15) is 13.3 Å². The van der Waals surface area contributed by atoms with Gasteiger partial charge in [0.1, 0.15) is 0 Å². The van der Waals surface area contributed by atoms with Crippen LogP contribution in [-0.2, 0) is 14.3 Å². The van der Waals surface area contributed by atoms with Gasteiger partial charge in [-0.3, -0.25) is 9.59 Å². The van der Waals surface area contributed by atoms with E-state index in [1.54, 1.807) is 14.2 Å². The highest BCUT2D eigenvalue weighted by Gasteiger charge is 2.11. The van der Waals surface area contributed by atoms with Gasteiger partial charge in [0.2, 0.25) is 5.91 Å². The van der Waals surface area contributed by atoms with Gasteiger partial charge in [0.25, 0.3) is 0 Å². The Morgan fingerprint density at radius 2 is 1.83 bits per heavy atom. The van der Waals surface area contributed by atoms with E-state index in [2.05, 4.69) is 4.74 Å². The van der Waals surface area contributed by atoms with E-state index in [9.17, 15) is 9.59 Å². The van der Waals surface area contributed by atoms with Gasteiger partial charge in [-0.1, -0.05) is 6.92 Å². The lowest BCUT2D eigenvalue weighted by molar-refractivity contribution is -0.140. The van der Waals surface area contributed by atoms with Crippen LogP contribution < -0.4 is 5.73 Å². The molecule has 5 heteroatoms. The van der Waals surface area contributed by atoms with Crippen molar-refractivity contribution in [2.45, 2.75) is 13.3 Å². The van der Waals surface area contributed by atoms with Gasteiger partial charge >= 0.3 is 5.97 Å². The molecule has 0 heterocycles. The van der Waals surface area contributed by atoms with Gasteiger partial charge in [0, 0.05) is 20.1 Å². The molecule has 0 aliphatic carbocycles. The second kappa shape index (κ2) is 8.00. The van der Waals surface area contributed by atoms with Gasteiger partial charge in [0.05, 0.1) is 6.42 Å². The van der Waals surface area contributed by atoms with E-state index in [1.807, 2.05) is 0 Å². The molecule has 0 aromatic rings. The number of hydrogen-bond acceptors (Lipinski definition) is 3. The average Bonchev–Trinajstić information content (AvgIpc) is 1.87. The molecule has 0 radical (unpaired) electrons. The van der Waals surface area contributed by atoms with Crippen LogP contribution in [0.5, 0.6) is 0 Å². The van der Waals surface area contributed by atoms with E-state index >= 15 is 0 Å². The Bertz CT molecular complexity index is 146. The van der Waals surface area contributed by atoms with Crippen molar-refractivity contribution in [2.75, 3.05) is 14.2 Å². The van der Waals surface area contributed by atoms with Crippen molar-refractivity contribution >= 4 is 11.9 Å². The number of methoxy groups -OCH3 is 1. The number of nitrogens with two attached hydrogens (primary N) is 1. The number of primary amides is 1. The molecule has 0 rings (SSSR count). The Morgan fingerprint density at radius 1 is 1.50 bits per heavy atom. The van der Waals surface area contributed by atoms with Crippen LogP contribution in [0.15, 0.2) is 0 Å². The van der Waals surface area contributed by atoms with E-state index in [0.717, 1.165) is 0 Å². The highest BCUT2D eigenvalue weighted by Crippen LogP contribution is 1.98. The number of rotatable bonds is 3. The number of hydrogen-bond donors (Lipinski definition) is 2. The maximum absolute atomic E-state index is 10.2. The van der Waals surface area contributed by atoms with Gasteiger partial charge in [-0.25, -0.2) is 0 Å². The molecule has 0 saturated carbocycles. The lowest BCUT2D eigenvalue weighted by Gasteiger charge is -1.99. The summed E-state index contributed by atoms with van der Waals surface area (Å²) in [5, 5.41) is 8.12.